The Morgan fingerprint density at radius 1 is 1.19 bits per heavy atom. The predicted molar refractivity (Wildman–Crippen MR) is 50.9 cm³/mol. The van der Waals surface area contributed by atoms with E-state index in [1.807, 2.05) is 0 Å². The molecule has 2 amide bonds. The summed E-state index contributed by atoms with van der Waals surface area (Å²) in [6.07, 6.45) is -0.442. The van der Waals surface area contributed by atoms with Crippen LogP contribution in [0.25, 0.3) is 0 Å². The first-order valence-corrected chi connectivity index (χ1v) is 5.05. The number of piperazine rings is 1. The number of aliphatic carboxylic acids is 1. The molecule has 16 heavy (non-hydrogen) atoms. The molecule has 7 heteroatoms. The molecule has 2 heterocycles. The summed E-state index contributed by atoms with van der Waals surface area (Å²) in [7, 11) is 0. The summed E-state index contributed by atoms with van der Waals surface area (Å²) in [6.45, 7) is 0.355. The maximum Gasteiger partial charge on any atom is 0.414 e. The average Bonchev–Trinajstić information content (AvgIpc) is 2.61. The number of carboxylic acids is 1. The first kappa shape index (κ1) is 10.9. The number of fused-ring (bicyclic) bond motifs is 1. The SMILES string of the molecule is O=C(O)C1CCC2C(=O)N(C(=O)O)CCN12. The second kappa shape index (κ2) is 3.75. The molecule has 2 aliphatic rings. The van der Waals surface area contributed by atoms with Crippen LogP contribution in [-0.4, -0.2) is 63.2 Å². The normalized spacial score (nSPS) is 30.2. The summed E-state index contributed by atoms with van der Waals surface area (Å²) < 4.78 is 0. The highest BCUT2D eigenvalue weighted by Crippen LogP contribution is 2.28. The summed E-state index contributed by atoms with van der Waals surface area (Å²) in [5.74, 6) is -1.44. The lowest BCUT2D eigenvalue weighted by molar-refractivity contribution is -0.146. The number of carbonyl (C=O) groups excluding carboxylic acids is 1. The van der Waals surface area contributed by atoms with Gasteiger partial charge in [0.25, 0.3) is 0 Å². The van der Waals surface area contributed by atoms with Crippen LogP contribution >= 0.6 is 0 Å². The fourth-order valence-electron chi connectivity index (χ4n) is 2.40. The Kier molecular flexibility index (Phi) is 2.55. The topological polar surface area (TPSA) is 98.2 Å². The zero-order chi connectivity index (χ0) is 11.9. The molecule has 0 spiro atoms. The number of imide groups is 1. The molecule has 7 nitrogen and oxygen atoms in total. The van der Waals surface area contributed by atoms with Crippen LogP contribution in [0.3, 0.4) is 0 Å². The monoisotopic (exact) mass is 228 g/mol. The van der Waals surface area contributed by atoms with Crippen molar-refractivity contribution in [1.82, 2.24) is 9.80 Å². The van der Waals surface area contributed by atoms with Crippen molar-refractivity contribution >= 4 is 18.0 Å². The number of carbonyl (C=O) groups is 3. The number of amides is 2. The fourth-order valence-corrected chi connectivity index (χ4v) is 2.40. The first-order valence-electron chi connectivity index (χ1n) is 5.05. The van der Waals surface area contributed by atoms with Gasteiger partial charge in [0, 0.05) is 13.1 Å². The van der Waals surface area contributed by atoms with Gasteiger partial charge in [-0.2, -0.15) is 0 Å². The van der Waals surface area contributed by atoms with Crippen LogP contribution in [0.15, 0.2) is 0 Å². The van der Waals surface area contributed by atoms with Gasteiger partial charge in [0.05, 0.1) is 6.04 Å². The van der Waals surface area contributed by atoms with E-state index in [0.717, 1.165) is 4.90 Å². The van der Waals surface area contributed by atoms with Gasteiger partial charge in [-0.1, -0.05) is 0 Å². The minimum absolute atomic E-state index is 0.0500. The van der Waals surface area contributed by atoms with Crippen molar-refractivity contribution in [3.05, 3.63) is 0 Å². The van der Waals surface area contributed by atoms with Crippen LogP contribution in [-0.2, 0) is 9.59 Å². The van der Waals surface area contributed by atoms with E-state index in [1.165, 1.54) is 0 Å². The second-order valence-electron chi connectivity index (χ2n) is 3.96. The Bertz CT molecular complexity index is 356. The second-order valence-corrected chi connectivity index (χ2v) is 3.96. The molecular formula is C9H12N2O5. The lowest BCUT2D eigenvalue weighted by atomic mass is 10.1. The highest BCUT2D eigenvalue weighted by atomic mass is 16.4. The van der Waals surface area contributed by atoms with Crippen molar-refractivity contribution in [2.45, 2.75) is 24.9 Å². The van der Waals surface area contributed by atoms with Gasteiger partial charge < -0.3 is 10.2 Å². The molecule has 88 valence electrons. The van der Waals surface area contributed by atoms with E-state index in [9.17, 15) is 14.4 Å². The molecule has 2 aliphatic heterocycles. The average molecular weight is 228 g/mol. The number of nitrogens with zero attached hydrogens (tertiary/aromatic N) is 2. The van der Waals surface area contributed by atoms with Crippen LogP contribution in [0.4, 0.5) is 4.79 Å². The van der Waals surface area contributed by atoms with Crippen molar-refractivity contribution in [3.63, 3.8) is 0 Å². The summed E-state index contributed by atoms with van der Waals surface area (Å²) in [4.78, 5) is 35.7. The third-order valence-electron chi connectivity index (χ3n) is 3.16. The Morgan fingerprint density at radius 3 is 2.44 bits per heavy atom. The molecule has 2 fully saturated rings. The molecule has 0 aromatic rings. The molecule has 0 saturated carbocycles. The van der Waals surface area contributed by atoms with E-state index in [4.69, 9.17) is 10.2 Å². The van der Waals surface area contributed by atoms with E-state index in [1.54, 1.807) is 4.90 Å². The van der Waals surface area contributed by atoms with Crippen LogP contribution in [0.2, 0.25) is 0 Å². The van der Waals surface area contributed by atoms with Crippen LogP contribution < -0.4 is 0 Å². The summed E-state index contributed by atoms with van der Waals surface area (Å²) in [5, 5.41) is 17.7. The standard InChI is InChI=1S/C9H12N2O5/c12-7-5-1-2-6(8(13)14)10(5)3-4-11(7)9(15)16/h5-6H,1-4H2,(H,13,14)(H,15,16). The summed E-state index contributed by atoms with van der Waals surface area (Å²) in [5.41, 5.74) is 0. The van der Waals surface area contributed by atoms with E-state index >= 15 is 0 Å². The van der Waals surface area contributed by atoms with Crippen molar-refractivity contribution in [3.8, 4) is 0 Å². The zero-order valence-corrected chi connectivity index (χ0v) is 8.50. The van der Waals surface area contributed by atoms with Crippen LogP contribution in [0.1, 0.15) is 12.8 Å². The van der Waals surface area contributed by atoms with E-state index in [-0.39, 0.29) is 6.54 Å². The molecule has 0 aromatic heterocycles. The maximum atomic E-state index is 11.7. The molecule has 0 bridgehead atoms. The van der Waals surface area contributed by atoms with Crippen LogP contribution in [0.5, 0.6) is 0 Å². The molecule has 2 rings (SSSR count). The van der Waals surface area contributed by atoms with Crippen molar-refractivity contribution in [2.75, 3.05) is 13.1 Å². The largest absolute Gasteiger partial charge is 0.480 e. The van der Waals surface area contributed by atoms with Crippen LogP contribution in [0, 0.1) is 0 Å². The van der Waals surface area contributed by atoms with Gasteiger partial charge in [0.2, 0.25) is 5.91 Å². The number of hydrogen-bond donors (Lipinski definition) is 2. The van der Waals surface area contributed by atoms with Gasteiger partial charge in [-0.15, -0.1) is 0 Å². The first-order chi connectivity index (χ1) is 7.52. The molecule has 2 saturated heterocycles. The molecule has 0 radical (unpaired) electrons. The molecule has 0 aromatic carbocycles. The third-order valence-corrected chi connectivity index (χ3v) is 3.16. The zero-order valence-electron chi connectivity index (χ0n) is 8.50. The van der Waals surface area contributed by atoms with Gasteiger partial charge in [-0.05, 0) is 12.8 Å². The lowest BCUT2D eigenvalue weighted by Gasteiger charge is -2.35. The maximum absolute atomic E-state index is 11.7. The van der Waals surface area contributed by atoms with Gasteiger partial charge >= 0.3 is 12.1 Å². The minimum atomic E-state index is -1.26. The fraction of sp³-hybridized carbons (Fsp3) is 0.667. The molecule has 0 aliphatic carbocycles. The molecule has 2 N–H and O–H groups in total. The Labute approximate surface area is 91.2 Å². The summed E-state index contributed by atoms with van der Waals surface area (Å²) in [6, 6.07) is -1.23. The Balaban J connectivity index is 2.16. The quantitative estimate of drug-likeness (QED) is 0.623. The Morgan fingerprint density at radius 2 is 1.88 bits per heavy atom. The van der Waals surface area contributed by atoms with Gasteiger partial charge in [0.1, 0.15) is 6.04 Å². The van der Waals surface area contributed by atoms with E-state index in [2.05, 4.69) is 0 Å². The predicted octanol–water partition coefficient (Wildman–Crippen LogP) is -0.576. The van der Waals surface area contributed by atoms with E-state index in [0.29, 0.717) is 19.4 Å². The molecule has 2 unspecified atom stereocenters. The number of carboxylic acid groups (broad SMARTS) is 2. The number of rotatable bonds is 1. The highest BCUT2D eigenvalue weighted by molar-refractivity contribution is 5.95. The third kappa shape index (κ3) is 1.53. The minimum Gasteiger partial charge on any atom is -0.480 e. The smallest absolute Gasteiger partial charge is 0.414 e. The number of hydrogen-bond acceptors (Lipinski definition) is 4. The lowest BCUT2D eigenvalue weighted by Crippen LogP contribution is -2.58. The molecular weight excluding hydrogens is 216 g/mol. The van der Waals surface area contributed by atoms with Gasteiger partial charge in [-0.3, -0.25) is 14.5 Å². The Hall–Kier alpha value is -1.63. The van der Waals surface area contributed by atoms with Gasteiger partial charge in [-0.25, -0.2) is 9.69 Å². The highest BCUT2D eigenvalue weighted by Gasteiger charge is 2.46. The van der Waals surface area contributed by atoms with Crippen molar-refractivity contribution < 1.29 is 24.6 Å². The van der Waals surface area contributed by atoms with E-state index < -0.39 is 30.1 Å². The van der Waals surface area contributed by atoms with Gasteiger partial charge in [0.15, 0.2) is 0 Å². The van der Waals surface area contributed by atoms with Crippen molar-refractivity contribution in [1.29, 1.82) is 0 Å². The molecule has 2 atom stereocenters. The summed E-state index contributed by atoms with van der Waals surface area (Å²) >= 11 is 0. The van der Waals surface area contributed by atoms with Crippen molar-refractivity contribution in [2.24, 2.45) is 0 Å².